The van der Waals surface area contributed by atoms with Gasteiger partial charge in [-0.05, 0) is 50.8 Å². The minimum absolute atomic E-state index is 0.173. The minimum Gasteiger partial charge on any atom is -0.494 e. The van der Waals surface area contributed by atoms with E-state index in [-0.39, 0.29) is 13.0 Å². The average Bonchev–Trinajstić information content (AvgIpc) is 2.63. The van der Waals surface area contributed by atoms with Gasteiger partial charge in [-0.2, -0.15) is 0 Å². The van der Waals surface area contributed by atoms with Crippen molar-refractivity contribution in [2.24, 2.45) is 5.41 Å². The van der Waals surface area contributed by atoms with Crippen LogP contribution in [0.1, 0.15) is 64.9 Å². The number of esters is 1. The van der Waals surface area contributed by atoms with Crippen LogP contribution < -0.4 is 4.74 Å². The number of ether oxygens (including phenoxy) is 2. The lowest BCUT2D eigenvalue weighted by molar-refractivity contribution is -0.167. The van der Waals surface area contributed by atoms with Gasteiger partial charge in [0.15, 0.2) is 5.41 Å². The van der Waals surface area contributed by atoms with Gasteiger partial charge in [0.1, 0.15) is 5.75 Å². The predicted molar refractivity (Wildman–Crippen MR) is 101 cm³/mol. The van der Waals surface area contributed by atoms with Gasteiger partial charge in [-0.3, -0.25) is 9.59 Å². The SMILES string of the molecule is CCCCCCCOc1ccc(CCC(C)(C(=O)O)C(=O)OCC)cc1. The molecule has 0 bridgehead atoms. The van der Waals surface area contributed by atoms with E-state index in [0.29, 0.717) is 13.0 Å². The summed E-state index contributed by atoms with van der Waals surface area (Å²) < 4.78 is 10.6. The zero-order chi connectivity index (χ0) is 19.4. The molecule has 0 amide bonds. The molecule has 0 heterocycles. The van der Waals surface area contributed by atoms with Gasteiger partial charge in [-0.25, -0.2) is 0 Å². The number of carbonyl (C=O) groups excluding carboxylic acids is 1. The minimum atomic E-state index is -1.52. The number of aliphatic carboxylic acids is 1. The van der Waals surface area contributed by atoms with Gasteiger partial charge in [0.25, 0.3) is 0 Å². The van der Waals surface area contributed by atoms with Crippen molar-refractivity contribution in [1.82, 2.24) is 0 Å². The van der Waals surface area contributed by atoms with E-state index in [1.807, 2.05) is 24.3 Å². The third kappa shape index (κ3) is 7.06. The number of unbranched alkanes of at least 4 members (excludes halogenated alkanes) is 4. The van der Waals surface area contributed by atoms with Crippen LogP contribution in [-0.2, 0) is 20.7 Å². The van der Waals surface area contributed by atoms with Gasteiger partial charge in [-0.1, -0.05) is 44.7 Å². The highest BCUT2D eigenvalue weighted by molar-refractivity contribution is 5.98. The Kier molecular flexibility index (Phi) is 9.78. The van der Waals surface area contributed by atoms with E-state index < -0.39 is 17.4 Å². The summed E-state index contributed by atoms with van der Waals surface area (Å²) in [5.41, 5.74) is -0.555. The smallest absolute Gasteiger partial charge is 0.323 e. The number of carbonyl (C=O) groups is 2. The molecule has 0 saturated heterocycles. The molecule has 0 spiro atoms. The Morgan fingerprint density at radius 2 is 1.69 bits per heavy atom. The number of hydrogen-bond donors (Lipinski definition) is 1. The van der Waals surface area contributed by atoms with Gasteiger partial charge in [0, 0.05) is 0 Å². The monoisotopic (exact) mass is 364 g/mol. The molecule has 0 saturated carbocycles. The second-order valence-electron chi connectivity index (χ2n) is 6.76. The van der Waals surface area contributed by atoms with E-state index >= 15 is 0 Å². The molecule has 5 nitrogen and oxygen atoms in total. The maximum atomic E-state index is 12.0. The molecule has 1 rings (SSSR count). The lowest BCUT2D eigenvalue weighted by atomic mass is 9.84. The Morgan fingerprint density at radius 3 is 2.27 bits per heavy atom. The highest BCUT2D eigenvalue weighted by Gasteiger charge is 2.42. The quantitative estimate of drug-likeness (QED) is 0.314. The largest absolute Gasteiger partial charge is 0.494 e. The standard InChI is InChI=1S/C21H32O5/c1-4-6-7-8-9-16-26-18-12-10-17(11-13-18)14-15-21(3,19(22)23)20(24)25-5-2/h10-13H,4-9,14-16H2,1-3H3,(H,22,23). The molecule has 26 heavy (non-hydrogen) atoms. The van der Waals surface area contributed by atoms with Crippen LogP contribution in [0.25, 0.3) is 0 Å². The van der Waals surface area contributed by atoms with Crippen molar-refractivity contribution in [2.45, 2.75) is 65.7 Å². The number of aryl methyl sites for hydroxylation is 1. The first-order valence-electron chi connectivity index (χ1n) is 9.56. The van der Waals surface area contributed by atoms with Crippen molar-refractivity contribution in [1.29, 1.82) is 0 Å². The molecule has 0 aromatic heterocycles. The summed E-state index contributed by atoms with van der Waals surface area (Å²) in [5.74, 6) is -1.02. The van der Waals surface area contributed by atoms with Crippen LogP contribution in [-0.4, -0.2) is 30.3 Å². The molecule has 1 atom stereocenters. The average molecular weight is 364 g/mol. The predicted octanol–water partition coefficient (Wildman–Crippen LogP) is 4.62. The normalized spacial score (nSPS) is 13.0. The van der Waals surface area contributed by atoms with Crippen molar-refractivity contribution in [3.8, 4) is 5.75 Å². The van der Waals surface area contributed by atoms with Gasteiger partial charge in [0.05, 0.1) is 13.2 Å². The molecule has 5 heteroatoms. The third-order valence-electron chi connectivity index (χ3n) is 4.55. The summed E-state index contributed by atoms with van der Waals surface area (Å²) in [6.07, 6.45) is 6.68. The summed E-state index contributed by atoms with van der Waals surface area (Å²) in [6.45, 7) is 6.17. The van der Waals surface area contributed by atoms with E-state index in [1.54, 1.807) is 6.92 Å². The van der Waals surface area contributed by atoms with Gasteiger partial charge in [0.2, 0.25) is 0 Å². The van der Waals surface area contributed by atoms with E-state index in [2.05, 4.69) is 6.92 Å². The summed E-state index contributed by atoms with van der Waals surface area (Å²) in [5, 5.41) is 9.41. The fourth-order valence-electron chi connectivity index (χ4n) is 2.63. The Bertz CT molecular complexity index is 552. The lowest BCUT2D eigenvalue weighted by Crippen LogP contribution is -2.38. The van der Waals surface area contributed by atoms with Crippen LogP contribution in [0.5, 0.6) is 5.75 Å². The summed E-state index contributed by atoms with van der Waals surface area (Å²) >= 11 is 0. The Hall–Kier alpha value is -2.04. The zero-order valence-corrected chi connectivity index (χ0v) is 16.3. The van der Waals surface area contributed by atoms with E-state index in [4.69, 9.17) is 9.47 Å². The molecule has 0 aliphatic rings. The van der Waals surface area contributed by atoms with E-state index in [0.717, 1.165) is 17.7 Å². The Labute approximate surface area is 156 Å². The van der Waals surface area contributed by atoms with Gasteiger partial charge in [-0.15, -0.1) is 0 Å². The third-order valence-corrected chi connectivity index (χ3v) is 4.55. The molecule has 1 aromatic rings. The Morgan fingerprint density at radius 1 is 1.04 bits per heavy atom. The number of carboxylic acids is 1. The lowest BCUT2D eigenvalue weighted by Gasteiger charge is -2.22. The maximum absolute atomic E-state index is 12.0. The van der Waals surface area contributed by atoms with Crippen LogP contribution in [0, 0.1) is 5.41 Å². The van der Waals surface area contributed by atoms with E-state index in [9.17, 15) is 14.7 Å². The molecule has 0 radical (unpaired) electrons. The summed E-state index contributed by atoms with van der Waals surface area (Å²) in [4.78, 5) is 23.5. The number of benzene rings is 1. The van der Waals surface area contributed by atoms with Crippen molar-refractivity contribution < 1.29 is 24.2 Å². The fraction of sp³-hybridized carbons (Fsp3) is 0.619. The van der Waals surface area contributed by atoms with Crippen LogP contribution in [0.15, 0.2) is 24.3 Å². The first-order chi connectivity index (χ1) is 12.4. The summed E-state index contributed by atoms with van der Waals surface area (Å²) in [7, 11) is 0. The number of rotatable bonds is 13. The molecule has 146 valence electrons. The molecule has 1 aromatic carbocycles. The number of carboxylic acid groups (broad SMARTS) is 1. The van der Waals surface area contributed by atoms with Crippen molar-refractivity contribution in [3.05, 3.63) is 29.8 Å². The molecular formula is C21H32O5. The molecule has 0 aliphatic heterocycles. The second-order valence-corrected chi connectivity index (χ2v) is 6.76. The van der Waals surface area contributed by atoms with Crippen molar-refractivity contribution in [2.75, 3.05) is 13.2 Å². The van der Waals surface area contributed by atoms with Gasteiger partial charge < -0.3 is 14.6 Å². The Balaban J connectivity index is 2.48. The van der Waals surface area contributed by atoms with Gasteiger partial charge >= 0.3 is 11.9 Å². The first-order valence-corrected chi connectivity index (χ1v) is 9.56. The second kappa shape index (κ2) is 11.6. The van der Waals surface area contributed by atoms with Crippen molar-refractivity contribution in [3.63, 3.8) is 0 Å². The fourth-order valence-corrected chi connectivity index (χ4v) is 2.63. The summed E-state index contributed by atoms with van der Waals surface area (Å²) in [6, 6.07) is 7.62. The zero-order valence-electron chi connectivity index (χ0n) is 16.3. The topological polar surface area (TPSA) is 72.8 Å². The first kappa shape index (κ1) is 22.0. The highest BCUT2D eigenvalue weighted by atomic mass is 16.5. The highest BCUT2D eigenvalue weighted by Crippen LogP contribution is 2.27. The molecule has 0 fully saturated rings. The molecule has 0 aliphatic carbocycles. The van der Waals surface area contributed by atoms with Crippen LogP contribution in [0.2, 0.25) is 0 Å². The molecule has 1 unspecified atom stereocenters. The maximum Gasteiger partial charge on any atom is 0.323 e. The number of hydrogen-bond acceptors (Lipinski definition) is 4. The van der Waals surface area contributed by atoms with E-state index in [1.165, 1.54) is 32.6 Å². The molecular weight excluding hydrogens is 332 g/mol. The van der Waals surface area contributed by atoms with Crippen LogP contribution in [0.3, 0.4) is 0 Å². The van der Waals surface area contributed by atoms with Crippen LogP contribution >= 0.6 is 0 Å². The molecule has 1 N–H and O–H groups in total. The van der Waals surface area contributed by atoms with Crippen LogP contribution in [0.4, 0.5) is 0 Å². The van der Waals surface area contributed by atoms with Crippen molar-refractivity contribution >= 4 is 11.9 Å².